The van der Waals surface area contributed by atoms with Gasteiger partial charge in [-0.05, 0) is 17.2 Å². The molecule has 0 heterocycles. The zero-order valence-corrected chi connectivity index (χ0v) is 14.0. The van der Waals surface area contributed by atoms with Gasteiger partial charge in [-0.15, -0.1) is 24.2 Å². The summed E-state index contributed by atoms with van der Waals surface area (Å²) in [4.78, 5) is 12.1. The Bertz CT molecular complexity index is 387. The van der Waals surface area contributed by atoms with Gasteiger partial charge >= 0.3 is 0 Å². The van der Waals surface area contributed by atoms with E-state index in [9.17, 15) is 4.79 Å². The van der Waals surface area contributed by atoms with E-state index in [4.69, 9.17) is 5.73 Å². The molecule has 0 aromatic heterocycles. The summed E-state index contributed by atoms with van der Waals surface area (Å²) in [6.45, 7) is 6.70. The fourth-order valence-corrected chi connectivity index (χ4v) is 2.86. The smallest absolute Gasteiger partial charge is 0.233 e. The zero-order valence-electron chi connectivity index (χ0n) is 12.3. The van der Waals surface area contributed by atoms with Crippen LogP contribution >= 0.6 is 24.2 Å². The molecule has 1 amide bonds. The summed E-state index contributed by atoms with van der Waals surface area (Å²) in [5, 5.41) is 2.97. The van der Waals surface area contributed by atoms with Gasteiger partial charge in [0.05, 0.1) is 5.25 Å². The molecule has 3 nitrogen and oxygen atoms in total. The first-order valence-corrected chi connectivity index (χ1v) is 7.81. The van der Waals surface area contributed by atoms with E-state index in [0.717, 1.165) is 11.3 Å². The van der Waals surface area contributed by atoms with Crippen LogP contribution in [0.25, 0.3) is 0 Å². The van der Waals surface area contributed by atoms with Crippen molar-refractivity contribution in [3.63, 3.8) is 0 Å². The van der Waals surface area contributed by atoms with Crippen LogP contribution in [-0.2, 0) is 4.79 Å². The standard InChI is InChI=1S/C15H24N2OS.ClH/c1-4-19-14(11(2)3)15(18)17-10-13(16)12-8-6-5-7-9-12;/h5-9,11,13-14H,4,10,16H2,1-3H3,(H,17,18);1H. The number of halogens is 1. The van der Waals surface area contributed by atoms with Gasteiger partial charge in [-0.2, -0.15) is 0 Å². The van der Waals surface area contributed by atoms with Gasteiger partial charge in [-0.3, -0.25) is 4.79 Å². The largest absolute Gasteiger partial charge is 0.353 e. The highest BCUT2D eigenvalue weighted by atomic mass is 35.5. The van der Waals surface area contributed by atoms with Crippen molar-refractivity contribution in [2.45, 2.75) is 32.1 Å². The topological polar surface area (TPSA) is 55.1 Å². The molecular weight excluding hydrogens is 292 g/mol. The Kier molecular flexibility index (Phi) is 9.72. The second kappa shape index (κ2) is 10.1. The molecule has 0 fully saturated rings. The molecule has 2 unspecified atom stereocenters. The van der Waals surface area contributed by atoms with E-state index >= 15 is 0 Å². The average Bonchev–Trinajstić information content (AvgIpc) is 2.42. The van der Waals surface area contributed by atoms with Crippen molar-refractivity contribution < 1.29 is 4.79 Å². The molecule has 0 saturated carbocycles. The molecule has 0 aliphatic heterocycles. The molecule has 1 rings (SSSR count). The fourth-order valence-electron chi connectivity index (χ4n) is 1.88. The summed E-state index contributed by atoms with van der Waals surface area (Å²) in [5.74, 6) is 1.37. The highest BCUT2D eigenvalue weighted by Crippen LogP contribution is 2.19. The van der Waals surface area contributed by atoms with E-state index < -0.39 is 0 Å². The highest BCUT2D eigenvalue weighted by Gasteiger charge is 2.22. The number of thioether (sulfide) groups is 1. The first kappa shape index (κ1) is 19.3. The first-order valence-electron chi connectivity index (χ1n) is 6.76. The monoisotopic (exact) mass is 316 g/mol. The maximum atomic E-state index is 12.1. The van der Waals surface area contributed by atoms with Crippen molar-refractivity contribution in [3.05, 3.63) is 35.9 Å². The van der Waals surface area contributed by atoms with E-state index in [1.165, 1.54) is 0 Å². The van der Waals surface area contributed by atoms with E-state index in [1.807, 2.05) is 30.3 Å². The number of amides is 1. The van der Waals surface area contributed by atoms with Crippen LogP contribution in [0.1, 0.15) is 32.4 Å². The molecule has 0 spiro atoms. The normalized spacial score (nSPS) is 13.4. The van der Waals surface area contributed by atoms with Gasteiger partial charge in [0, 0.05) is 12.6 Å². The van der Waals surface area contributed by atoms with Gasteiger partial charge in [0.25, 0.3) is 0 Å². The highest BCUT2D eigenvalue weighted by molar-refractivity contribution is 8.00. The Labute approximate surface area is 132 Å². The maximum absolute atomic E-state index is 12.1. The number of hydrogen-bond donors (Lipinski definition) is 2. The van der Waals surface area contributed by atoms with Crippen LogP contribution in [0.2, 0.25) is 0 Å². The predicted molar refractivity (Wildman–Crippen MR) is 90.4 cm³/mol. The molecule has 0 saturated heterocycles. The molecule has 2 atom stereocenters. The third kappa shape index (κ3) is 6.16. The Morgan fingerprint density at radius 3 is 2.40 bits per heavy atom. The van der Waals surface area contributed by atoms with Crippen molar-refractivity contribution in [1.29, 1.82) is 0 Å². The number of nitrogens with one attached hydrogen (secondary N) is 1. The van der Waals surface area contributed by atoms with Gasteiger partial charge in [0.15, 0.2) is 0 Å². The van der Waals surface area contributed by atoms with Crippen LogP contribution in [-0.4, -0.2) is 23.5 Å². The van der Waals surface area contributed by atoms with E-state index in [1.54, 1.807) is 11.8 Å². The summed E-state index contributed by atoms with van der Waals surface area (Å²) in [6.07, 6.45) is 0. The van der Waals surface area contributed by atoms with Crippen LogP contribution in [0.5, 0.6) is 0 Å². The summed E-state index contributed by atoms with van der Waals surface area (Å²) < 4.78 is 0. The summed E-state index contributed by atoms with van der Waals surface area (Å²) in [7, 11) is 0. The molecule has 0 bridgehead atoms. The third-order valence-electron chi connectivity index (χ3n) is 2.93. The van der Waals surface area contributed by atoms with Crippen molar-refractivity contribution in [2.24, 2.45) is 11.7 Å². The van der Waals surface area contributed by atoms with Crippen molar-refractivity contribution in [3.8, 4) is 0 Å². The molecule has 1 aromatic carbocycles. The number of hydrogen-bond acceptors (Lipinski definition) is 3. The lowest BCUT2D eigenvalue weighted by molar-refractivity contribution is -0.121. The molecule has 20 heavy (non-hydrogen) atoms. The number of carbonyl (C=O) groups excluding carboxylic acids is 1. The number of rotatable bonds is 7. The van der Waals surface area contributed by atoms with E-state index in [-0.39, 0.29) is 29.6 Å². The van der Waals surface area contributed by atoms with Gasteiger partial charge in [-0.1, -0.05) is 51.1 Å². The minimum atomic E-state index is -0.149. The molecular formula is C15H25ClN2OS. The van der Waals surface area contributed by atoms with Gasteiger partial charge in [0.2, 0.25) is 5.91 Å². The van der Waals surface area contributed by atoms with Crippen LogP contribution in [0.3, 0.4) is 0 Å². The SMILES string of the molecule is CCSC(C(=O)NCC(N)c1ccccc1)C(C)C.Cl. The lowest BCUT2D eigenvalue weighted by atomic mass is 10.1. The van der Waals surface area contributed by atoms with Crippen LogP contribution in [0.4, 0.5) is 0 Å². The van der Waals surface area contributed by atoms with Crippen molar-refractivity contribution in [1.82, 2.24) is 5.32 Å². The predicted octanol–water partition coefficient (Wildman–Crippen LogP) is 3.00. The van der Waals surface area contributed by atoms with Crippen LogP contribution in [0, 0.1) is 5.92 Å². The van der Waals surface area contributed by atoms with Gasteiger partial charge in [0.1, 0.15) is 0 Å². The molecule has 3 N–H and O–H groups in total. The summed E-state index contributed by atoms with van der Waals surface area (Å²) >= 11 is 1.69. The summed E-state index contributed by atoms with van der Waals surface area (Å²) in [5.41, 5.74) is 7.12. The minimum absolute atomic E-state index is 0. The number of carbonyl (C=O) groups is 1. The maximum Gasteiger partial charge on any atom is 0.233 e. The third-order valence-corrected chi connectivity index (χ3v) is 4.38. The van der Waals surface area contributed by atoms with Gasteiger partial charge in [-0.25, -0.2) is 0 Å². The fraction of sp³-hybridized carbons (Fsp3) is 0.533. The first-order chi connectivity index (χ1) is 9.06. The summed E-state index contributed by atoms with van der Waals surface area (Å²) in [6, 6.07) is 9.70. The van der Waals surface area contributed by atoms with Crippen molar-refractivity contribution in [2.75, 3.05) is 12.3 Å². The molecule has 0 radical (unpaired) electrons. The molecule has 0 aliphatic carbocycles. The van der Waals surface area contributed by atoms with Crippen LogP contribution in [0.15, 0.2) is 30.3 Å². The molecule has 0 aliphatic rings. The lowest BCUT2D eigenvalue weighted by Gasteiger charge is -2.20. The Morgan fingerprint density at radius 2 is 1.90 bits per heavy atom. The number of benzene rings is 1. The second-order valence-corrected chi connectivity index (χ2v) is 6.30. The lowest BCUT2D eigenvalue weighted by Crippen LogP contribution is -2.39. The van der Waals surface area contributed by atoms with E-state index in [0.29, 0.717) is 12.5 Å². The Hall–Kier alpha value is -0.710. The molecule has 1 aromatic rings. The second-order valence-electron chi connectivity index (χ2n) is 4.88. The Balaban J connectivity index is 0.00000361. The average molecular weight is 317 g/mol. The van der Waals surface area contributed by atoms with Crippen LogP contribution < -0.4 is 11.1 Å². The minimum Gasteiger partial charge on any atom is -0.353 e. The number of nitrogens with two attached hydrogens (primary N) is 1. The van der Waals surface area contributed by atoms with Crippen molar-refractivity contribution >= 4 is 30.1 Å². The van der Waals surface area contributed by atoms with Gasteiger partial charge < -0.3 is 11.1 Å². The molecule has 114 valence electrons. The van der Waals surface area contributed by atoms with E-state index in [2.05, 4.69) is 26.1 Å². The Morgan fingerprint density at radius 1 is 1.30 bits per heavy atom. The quantitative estimate of drug-likeness (QED) is 0.813. The molecule has 5 heteroatoms. The zero-order chi connectivity index (χ0) is 14.3.